The van der Waals surface area contributed by atoms with Crippen molar-refractivity contribution in [3.05, 3.63) is 71.8 Å². The molecule has 1 aliphatic rings. The SMILES string of the molecule is CCCCCCC1CCC(CCc2ccc3c(F)c(-c4cccc(F)c4)ccc3c2)CC1. The van der Waals surface area contributed by atoms with Crippen molar-refractivity contribution in [1.82, 2.24) is 0 Å². The largest absolute Gasteiger partial charge is 0.207 e. The standard InChI is InChI=1S/C30H36F2/c1-2-3-4-5-7-22-10-12-23(13-11-22)14-15-24-16-18-28-26(20-24)17-19-29(30(28)32)25-8-6-9-27(31)21-25/h6,8-9,16-23H,2-5,7,10-15H2,1H3. The third kappa shape index (κ3) is 5.77. The normalized spacial score (nSPS) is 18.8. The Morgan fingerprint density at radius 2 is 1.56 bits per heavy atom. The number of rotatable bonds is 9. The van der Waals surface area contributed by atoms with Crippen LogP contribution in [0.25, 0.3) is 21.9 Å². The second-order valence-corrected chi connectivity index (χ2v) is 9.77. The van der Waals surface area contributed by atoms with Crippen molar-refractivity contribution in [2.75, 3.05) is 0 Å². The molecule has 0 radical (unpaired) electrons. The first kappa shape index (κ1) is 23.0. The number of benzene rings is 3. The van der Waals surface area contributed by atoms with Crippen LogP contribution < -0.4 is 0 Å². The molecule has 1 aliphatic carbocycles. The van der Waals surface area contributed by atoms with E-state index in [9.17, 15) is 4.39 Å². The summed E-state index contributed by atoms with van der Waals surface area (Å²) in [6, 6.07) is 16.0. The third-order valence-electron chi connectivity index (χ3n) is 7.43. The lowest BCUT2D eigenvalue weighted by molar-refractivity contribution is 0.249. The highest BCUT2D eigenvalue weighted by Crippen LogP contribution is 2.35. The lowest BCUT2D eigenvalue weighted by Crippen LogP contribution is -2.15. The topological polar surface area (TPSA) is 0 Å². The number of hydrogen-bond acceptors (Lipinski definition) is 0. The minimum atomic E-state index is -0.345. The van der Waals surface area contributed by atoms with Crippen LogP contribution in [0.4, 0.5) is 8.78 Å². The summed E-state index contributed by atoms with van der Waals surface area (Å²) in [5.74, 6) is 1.18. The molecule has 3 aromatic carbocycles. The van der Waals surface area contributed by atoms with Crippen LogP contribution in [-0.4, -0.2) is 0 Å². The fourth-order valence-electron chi connectivity index (χ4n) is 5.42. The monoisotopic (exact) mass is 434 g/mol. The van der Waals surface area contributed by atoms with Gasteiger partial charge in [0.15, 0.2) is 0 Å². The number of halogens is 2. The van der Waals surface area contributed by atoms with E-state index in [-0.39, 0.29) is 11.6 Å². The first-order valence-corrected chi connectivity index (χ1v) is 12.6. The molecule has 1 saturated carbocycles. The zero-order chi connectivity index (χ0) is 22.3. The van der Waals surface area contributed by atoms with Gasteiger partial charge in [-0.05, 0) is 53.3 Å². The second kappa shape index (κ2) is 11.1. The van der Waals surface area contributed by atoms with Gasteiger partial charge in [0.2, 0.25) is 0 Å². The average molecular weight is 435 g/mol. The maximum atomic E-state index is 15.1. The Kier molecular flexibility index (Phi) is 7.95. The molecule has 3 aromatic rings. The molecule has 0 nitrogen and oxygen atoms in total. The zero-order valence-corrected chi connectivity index (χ0v) is 19.4. The summed E-state index contributed by atoms with van der Waals surface area (Å²) >= 11 is 0. The fourth-order valence-corrected chi connectivity index (χ4v) is 5.42. The number of aryl methyl sites for hydroxylation is 1. The molecule has 0 aliphatic heterocycles. The maximum Gasteiger partial charge on any atom is 0.138 e. The van der Waals surface area contributed by atoms with Gasteiger partial charge in [-0.2, -0.15) is 0 Å². The minimum Gasteiger partial charge on any atom is -0.207 e. The molecule has 170 valence electrons. The van der Waals surface area contributed by atoms with E-state index in [0.717, 1.165) is 23.6 Å². The van der Waals surface area contributed by atoms with Gasteiger partial charge in [-0.1, -0.05) is 107 Å². The van der Waals surface area contributed by atoms with Crippen molar-refractivity contribution in [3.63, 3.8) is 0 Å². The van der Waals surface area contributed by atoms with E-state index in [1.165, 1.54) is 81.9 Å². The first-order chi connectivity index (χ1) is 15.6. The number of hydrogen-bond donors (Lipinski definition) is 0. The van der Waals surface area contributed by atoms with Crippen molar-refractivity contribution in [3.8, 4) is 11.1 Å². The average Bonchev–Trinajstić information content (AvgIpc) is 2.81. The van der Waals surface area contributed by atoms with E-state index >= 15 is 4.39 Å². The summed E-state index contributed by atoms with van der Waals surface area (Å²) in [6.07, 6.45) is 14.8. The van der Waals surface area contributed by atoms with Crippen LogP contribution in [0.5, 0.6) is 0 Å². The molecular weight excluding hydrogens is 398 g/mol. The van der Waals surface area contributed by atoms with E-state index < -0.39 is 0 Å². The maximum absolute atomic E-state index is 15.1. The van der Waals surface area contributed by atoms with Crippen molar-refractivity contribution >= 4 is 10.8 Å². The zero-order valence-electron chi connectivity index (χ0n) is 19.4. The van der Waals surface area contributed by atoms with E-state index in [1.807, 2.05) is 12.1 Å². The predicted octanol–water partition coefficient (Wildman–Crippen LogP) is 9.49. The molecule has 2 heteroatoms. The van der Waals surface area contributed by atoms with Crippen LogP contribution in [0.1, 0.15) is 76.7 Å². The molecule has 0 saturated heterocycles. The highest BCUT2D eigenvalue weighted by atomic mass is 19.1. The smallest absolute Gasteiger partial charge is 0.138 e. The van der Waals surface area contributed by atoms with Gasteiger partial charge >= 0.3 is 0 Å². The van der Waals surface area contributed by atoms with Crippen molar-refractivity contribution < 1.29 is 8.78 Å². The Morgan fingerprint density at radius 3 is 2.31 bits per heavy atom. The fraction of sp³-hybridized carbons (Fsp3) is 0.467. The van der Waals surface area contributed by atoms with Crippen LogP contribution in [-0.2, 0) is 6.42 Å². The molecule has 0 bridgehead atoms. The van der Waals surface area contributed by atoms with E-state index in [2.05, 4.69) is 19.1 Å². The van der Waals surface area contributed by atoms with Gasteiger partial charge in [0.05, 0.1) is 0 Å². The van der Waals surface area contributed by atoms with Crippen LogP contribution in [0.2, 0.25) is 0 Å². The third-order valence-corrected chi connectivity index (χ3v) is 7.43. The highest BCUT2D eigenvalue weighted by molar-refractivity contribution is 5.88. The molecule has 32 heavy (non-hydrogen) atoms. The molecule has 0 aromatic heterocycles. The summed E-state index contributed by atoms with van der Waals surface area (Å²) in [6.45, 7) is 2.28. The molecular formula is C30H36F2. The quantitative estimate of drug-likeness (QED) is 0.294. The van der Waals surface area contributed by atoms with Crippen LogP contribution in [0.3, 0.4) is 0 Å². The first-order valence-electron chi connectivity index (χ1n) is 12.6. The van der Waals surface area contributed by atoms with Gasteiger partial charge in [0.25, 0.3) is 0 Å². The summed E-state index contributed by atoms with van der Waals surface area (Å²) in [4.78, 5) is 0. The van der Waals surface area contributed by atoms with Gasteiger partial charge < -0.3 is 0 Å². The number of unbranched alkanes of at least 4 members (excludes halogenated alkanes) is 3. The molecule has 0 unspecified atom stereocenters. The Bertz CT molecular complexity index is 1010. The van der Waals surface area contributed by atoms with Crippen LogP contribution >= 0.6 is 0 Å². The molecule has 1 fully saturated rings. The van der Waals surface area contributed by atoms with Gasteiger partial charge in [-0.3, -0.25) is 0 Å². The lowest BCUT2D eigenvalue weighted by Gasteiger charge is -2.28. The van der Waals surface area contributed by atoms with E-state index in [0.29, 0.717) is 16.5 Å². The lowest BCUT2D eigenvalue weighted by atomic mass is 9.77. The summed E-state index contributed by atoms with van der Waals surface area (Å²) in [5.41, 5.74) is 2.32. The van der Waals surface area contributed by atoms with Crippen molar-refractivity contribution in [2.24, 2.45) is 11.8 Å². The molecule has 0 amide bonds. The second-order valence-electron chi connectivity index (χ2n) is 9.77. The predicted molar refractivity (Wildman–Crippen MR) is 132 cm³/mol. The van der Waals surface area contributed by atoms with E-state index in [1.54, 1.807) is 18.2 Å². The highest BCUT2D eigenvalue weighted by Gasteiger charge is 2.20. The molecule has 0 N–H and O–H groups in total. The van der Waals surface area contributed by atoms with Gasteiger partial charge in [0, 0.05) is 10.9 Å². The van der Waals surface area contributed by atoms with Crippen molar-refractivity contribution in [1.29, 1.82) is 0 Å². The van der Waals surface area contributed by atoms with Gasteiger partial charge in [0.1, 0.15) is 11.6 Å². The van der Waals surface area contributed by atoms with Crippen LogP contribution in [0.15, 0.2) is 54.6 Å². The Labute approximate surface area is 192 Å². The molecule has 4 rings (SSSR count). The van der Waals surface area contributed by atoms with Gasteiger partial charge in [-0.15, -0.1) is 0 Å². The van der Waals surface area contributed by atoms with Crippen LogP contribution in [0, 0.1) is 23.5 Å². The van der Waals surface area contributed by atoms with Gasteiger partial charge in [-0.25, -0.2) is 8.78 Å². The molecule has 0 atom stereocenters. The summed E-state index contributed by atoms with van der Waals surface area (Å²) < 4.78 is 28.7. The summed E-state index contributed by atoms with van der Waals surface area (Å²) in [7, 11) is 0. The Morgan fingerprint density at radius 1 is 0.781 bits per heavy atom. The van der Waals surface area contributed by atoms with Crippen molar-refractivity contribution in [2.45, 2.75) is 77.6 Å². The number of fused-ring (bicyclic) bond motifs is 1. The minimum absolute atomic E-state index is 0.267. The Hall–Kier alpha value is -2.22. The van der Waals surface area contributed by atoms with E-state index in [4.69, 9.17) is 0 Å². The summed E-state index contributed by atoms with van der Waals surface area (Å²) in [5, 5.41) is 1.54. The molecule has 0 heterocycles. The Balaban J connectivity index is 1.33. The molecule has 0 spiro atoms.